The highest BCUT2D eigenvalue weighted by molar-refractivity contribution is 5.66. The van der Waals surface area contributed by atoms with E-state index < -0.39 is 4.92 Å². The van der Waals surface area contributed by atoms with Gasteiger partial charge in [-0.3, -0.25) is 0 Å². The van der Waals surface area contributed by atoms with Crippen molar-refractivity contribution < 1.29 is 4.92 Å². The van der Waals surface area contributed by atoms with Crippen LogP contribution in [0.2, 0.25) is 0 Å². The van der Waals surface area contributed by atoms with Crippen LogP contribution in [-0.4, -0.2) is 14.9 Å². The Kier molecular flexibility index (Phi) is 2.95. The number of nitrogens with zero attached hydrogens (tertiary/aromatic N) is 3. The number of aryl methyl sites for hydroxylation is 1. The fraction of sp³-hybridized carbons (Fsp3) is 0.0909. The lowest BCUT2D eigenvalue weighted by Gasteiger charge is -2.07. The Labute approximate surface area is 97.5 Å². The van der Waals surface area contributed by atoms with E-state index in [1.165, 1.54) is 6.20 Å². The summed E-state index contributed by atoms with van der Waals surface area (Å²) in [4.78, 5) is 18.1. The van der Waals surface area contributed by atoms with Crippen LogP contribution >= 0.6 is 0 Å². The number of hydrogen-bond donors (Lipinski definition) is 1. The van der Waals surface area contributed by atoms with Crippen molar-refractivity contribution in [2.24, 2.45) is 0 Å². The summed E-state index contributed by atoms with van der Waals surface area (Å²) in [6.07, 6.45) is 3.01. The van der Waals surface area contributed by atoms with Crippen molar-refractivity contribution in [1.29, 1.82) is 0 Å². The van der Waals surface area contributed by atoms with Crippen LogP contribution in [0, 0.1) is 17.0 Å². The fourth-order valence-electron chi connectivity index (χ4n) is 1.38. The third kappa shape index (κ3) is 2.36. The Morgan fingerprint density at radius 2 is 1.94 bits per heavy atom. The molecule has 0 spiro atoms. The third-order valence-electron chi connectivity index (χ3n) is 2.22. The van der Waals surface area contributed by atoms with Crippen molar-refractivity contribution in [3.63, 3.8) is 0 Å². The van der Waals surface area contributed by atoms with E-state index >= 15 is 0 Å². The fourth-order valence-corrected chi connectivity index (χ4v) is 1.38. The summed E-state index contributed by atoms with van der Waals surface area (Å²) in [6.45, 7) is 1.87. The lowest BCUT2D eigenvalue weighted by atomic mass is 10.3. The number of rotatable bonds is 3. The van der Waals surface area contributed by atoms with Gasteiger partial charge in [0.05, 0.1) is 0 Å². The summed E-state index contributed by atoms with van der Waals surface area (Å²) in [5.41, 5.74) is 1.24. The second kappa shape index (κ2) is 4.56. The number of nitrogens with one attached hydrogen (secondary N) is 1. The van der Waals surface area contributed by atoms with Crippen LogP contribution in [0.1, 0.15) is 5.56 Å². The molecule has 1 N–H and O–H groups in total. The maximum absolute atomic E-state index is 10.8. The van der Waals surface area contributed by atoms with Gasteiger partial charge in [0.2, 0.25) is 0 Å². The van der Waals surface area contributed by atoms with Gasteiger partial charge in [-0.25, -0.2) is 4.98 Å². The first-order chi connectivity index (χ1) is 8.18. The van der Waals surface area contributed by atoms with E-state index in [0.717, 1.165) is 5.56 Å². The largest absolute Gasteiger partial charge is 0.387 e. The van der Waals surface area contributed by atoms with Gasteiger partial charge in [-0.05, 0) is 40.6 Å². The van der Waals surface area contributed by atoms with Gasteiger partial charge in [0.15, 0.2) is 0 Å². The van der Waals surface area contributed by atoms with E-state index in [1.54, 1.807) is 24.4 Å². The normalized spacial score (nSPS) is 9.94. The molecule has 0 aliphatic carbocycles. The van der Waals surface area contributed by atoms with Gasteiger partial charge in [-0.15, -0.1) is 0 Å². The van der Waals surface area contributed by atoms with Gasteiger partial charge >= 0.3 is 5.82 Å². The van der Waals surface area contributed by atoms with Gasteiger partial charge in [0, 0.05) is 6.20 Å². The molecule has 0 aromatic carbocycles. The predicted molar refractivity (Wildman–Crippen MR) is 63.1 cm³/mol. The van der Waals surface area contributed by atoms with E-state index in [0.29, 0.717) is 11.5 Å². The first-order valence-electron chi connectivity index (χ1n) is 4.96. The molecule has 2 aromatic heterocycles. The van der Waals surface area contributed by atoms with Crippen LogP contribution in [0.25, 0.3) is 0 Å². The van der Waals surface area contributed by atoms with Crippen molar-refractivity contribution in [2.75, 3.05) is 5.32 Å². The quantitative estimate of drug-likeness (QED) is 0.646. The minimum Gasteiger partial charge on any atom is -0.358 e. The molecule has 0 amide bonds. The molecule has 0 unspecified atom stereocenters. The maximum atomic E-state index is 10.8. The molecule has 0 fully saturated rings. The van der Waals surface area contributed by atoms with Crippen LogP contribution in [-0.2, 0) is 0 Å². The van der Waals surface area contributed by atoms with E-state index in [1.807, 2.05) is 13.0 Å². The molecule has 0 atom stereocenters. The highest BCUT2D eigenvalue weighted by atomic mass is 16.6. The molecule has 0 radical (unpaired) electrons. The number of aromatic nitrogens is 2. The van der Waals surface area contributed by atoms with E-state index in [-0.39, 0.29) is 5.82 Å². The van der Waals surface area contributed by atoms with Crippen LogP contribution in [0.4, 0.5) is 17.3 Å². The van der Waals surface area contributed by atoms with E-state index in [2.05, 4.69) is 15.3 Å². The lowest BCUT2D eigenvalue weighted by Crippen LogP contribution is -2.01. The third-order valence-corrected chi connectivity index (χ3v) is 2.22. The maximum Gasteiger partial charge on any atom is 0.387 e. The summed E-state index contributed by atoms with van der Waals surface area (Å²) in [5, 5.41) is 13.7. The number of nitro groups is 1. The zero-order valence-electron chi connectivity index (χ0n) is 9.12. The van der Waals surface area contributed by atoms with Crippen LogP contribution < -0.4 is 5.32 Å². The molecule has 6 nitrogen and oxygen atoms in total. The first kappa shape index (κ1) is 11.0. The molecule has 2 rings (SSSR count). The van der Waals surface area contributed by atoms with Gasteiger partial charge in [-0.1, -0.05) is 6.07 Å². The molecule has 0 saturated carbocycles. The molecule has 0 bridgehead atoms. The number of anilines is 2. The van der Waals surface area contributed by atoms with Crippen molar-refractivity contribution in [2.45, 2.75) is 6.92 Å². The average Bonchev–Trinajstić information content (AvgIpc) is 2.32. The van der Waals surface area contributed by atoms with E-state index in [9.17, 15) is 10.1 Å². The highest BCUT2D eigenvalue weighted by Gasteiger charge is 2.14. The van der Waals surface area contributed by atoms with Gasteiger partial charge in [-0.2, -0.15) is 0 Å². The summed E-state index contributed by atoms with van der Waals surface area (Å²) in [7, 11) is 0. The Balaban J connectivity index is 2.37. The van der Waals surface area contributed by atoms with Crippen molar-refractivity contribution in [1.82, 2.24) is 9.97 Å². The highest BCUT2D eigenvalue weighted by Crippen LogP contribution is 2.24. The van der Waals surface area contributed by atoms with Gasteiger partial charge < -0.3 is 15.4 Å². The Hall–Kier alpha value is -2.50. The molecule has 2 aromatic rings. The van der Waals surface area contributed by atoms with Crippen LogP contribution in [0.5, 0.6) is 0 Å². The summed E-state index contributed by atoms with van der Waals surface area (Å²) in [5.74, 6) is 0.376. The van der Waals surface area contributed by atoms with Gasteiger partial charge in [0.25, 0.3) is 0 Å². The summed E-state index contributed by atoms with van der Waals surface area (Å²) < 4.78 is 0. The molecule has 6 heteroatoms. The average molecular weight is 230 g/mol. The molecular weight excluding hydrogens is 220 g/mol. The minimum atomic E-state index is -0.527. The summed E-state index contributed by atoms with van der Waals surface area (Å²) >= 11 is 0. The predicted octanol–water partition coefficient (Wildman–Crippen LogP) is 2.44. The minimum absolute atomic E-state index is 0.211. The first-order valence-corrected chi connectivity index (χ1v) is 4.96. The van der Waals surface area contributed by atoms with Crippen molar-refractivity contribution in [3.05, 3.63) is 52.3 Å². The number of hydrogen-bond acceptors (Lipinski definition) is 5. The molecule has 86 valence electrons. The van der Waals surface area contributed by atoms with Crippen molar-refractivity contribution >= 4 is 17.3 Å². The smallest absolute Gasteiger partial charge is 0.358 e. The standard InChI is InChI=1S/C11H10N4O2/c1-8-4-2-6-12-10(8)14-9-5-3-7-13-11(9)15(16)17/h2-7H,1H3,(H,12,14). The lowest BCUT2D eigenvalue weighted by molar-refractivity contribution is -0.388. The molecule has 0 aliphatic rings. The second-order valence-electron chi connectivity index (χ2n) is 3.43. The molecule has 2 heterocycles. The van der Waals surface area contributed by atoms with Crippen LogP contribution in [0.15, 0.2) is 36.7 Å². The number of pyridine rings is 2. The Morgan fingerprint density at radius 3 is 2.65 bits per heavy atom. The van der Waals surface area contributed by atoms with E-state index in [4.69, 9.17) is 0 Å². The SMILES string of the molecule is Cc1cccnc1Nc1cccnc1[N+](=O)[O-]. The summed E-state index contributed by atoms with van der Waals surface area (Å²) in [6, 6.07) is 6.91. The zero-order valence-corrected chi connectivity index (χ0v) is 9.12. The van der Waals surface area contributed by atoms with Crippen LogP contribution in [0.3, 0.4) is 0 Å². The molecular formula is C11H10N4O2. The Bertz CT molecular complexity index is 557. The molecule has 17 heavy (non-hydrogen) atoms. The Morgan fingerprint density at radius 1 is 1.24 bits per heavy atom. The van der Waals surface area contributed by atoms with Crippen molar-refractivity contribution in [3.8, 4) is 0 Å². The van der Waals surface area contributed by atoms with Gasteiger partial charge in [0.1, 0.15) is 17.7 Å². The monoisotopic (exact) mass is 230 g/mol. The zero-order chi connectivity index (χ0) is 12.3. The molecule has 0 saturated heterocycles. The molecule has 0 aliphatic heterocycles. The topological polar surface area (TPSA) is 81.0 Å². The second-order valence-corrected chi connectivity index (χ2v) is 3.43.